The average Bonchev–Trinajstić information content (AvgIpc) is 2.29. The molecule has 0 unspecified atom stereocenters. The summed E-state index contributed by atoms with van der Waals surface area (Å²) in [6, 6.07) is 0. The van der Waals surface area contributed by atoms with Crippen LogP contribution in [0.2, 0.25) is 0 Å². The maximum atomic E-state index is 9.13. The molecule has 0 aliphatic carbocycles. The molecule has 70 valence electrons. The fraction of sp³-hybridized carbons (Fsp3) is 0.778. The first-order valence-corrected chi connectivity index (χ1v) is 4.09. The summed E-state index contributed by atoms with van der Waals surface area (Å²) >= 11 is 0. The van der Waals surface area contributed by atoms with E-state index in [0.717, 1.165) is 0 Å². The SMILES string of the molecule is C=CC[C@]1(CO)COC(C)(C)O1. The Labute approximate surface area is 73.0 Å². The summed E-state index contributed by atoms with van der Waals surface area (Å²) in [6.07, 6.45) is 2.36. The minimum absolute atomic E-state index is 0.0253. The predicted octanol–water partition coefficient (Wildman–Crippen LogP) is 1.08. The van der Waals surface area contributed by atoms with Gasteiger partial charge < -0.3 is 14.6 Å². The van der Waals surface area contributed by atoms with E-state index in [1.165, 1.54) is 0 Å². The molecule has 1 heterocycles. The van der Waals surface area contributed by atoms with Crippen LogP contribution in [0.1, 0.15) is 20.3 Å². The number of hydrogen-bond acceptors (Lipinski definition) is 3. The minimum Gasteiger partial charge on any atom is -0.393 e. The zero-order valence-electron chi connectivity index (χ0n) is 7.67. The molecule has 1 N–H and O–H groups in total. The van der Waals surface area contributed by atoms with Gasteiger partial charge in [0.05, 0.1) is 13.2 Å². The van der Waals surface area contributed by atoms with Crippen LogP contribution in [-0.2, 0) is 9.47 Å². The molecular weight excluding hydrogens is 156 g/mol. The lowest BCUT2D eigenvalue weighted by atomic mass is 10.0. The maximum Gasteiger partial charge on any atom is 0.163 e. The molecule has 1 aliphatic rings. The van der Waals surface area contributed by atoms with Crippen LogP contribution in [0.4, 0.5) is 0 Å². The zero-order chi connectivity index (χ0) is 9.24. The van der Waals surface area contributed by atoms with Crippen LogP contribution in [-0.4, -0.2) is 29.7 Å². The van der Waals surface area contributed by atoms with Crippen LogP contribution in [0.5, 0.6) is 0 Å². The minimum atomic E-state index is -0.578. The van der Waals surface area contributed by atoms with Gasteiger partial charge in [-0.1, -0.05) is 6.08 Å². The number of rotatable bonds is 3. The molecular formula is C9H16O3. The van der Waals surface area contributed by atoms with Crippen molar-refractivity contribution < 1.29 is 14.6 Å². The van der Waals surface area contributed by atoms with E-state index < -0.39 is 11.4 Å². The molecule has 12 heavy (non-hydrogen) atoms. The van der Waals surface area contributed by atoms with Gasteiger partial charge in [-0.25, -0.2) is 0 Å². The summed E-state index contributed by atoms with van der Waals surface area (Å²) in [5.74, 6) is -0.578. The van der Waals surface area contributed by atoms with Crippen molar-refractivity contribution >= 4 is 0 Å². The lowest BCUT2D eigenvalue weighted by Gasteiger charge is -2.25. The predicted molar refractivity (Wildman–Crippen MR) is 45.7 cm³/mol. The van der Waals surface area contributed by atoms with Gasteiger partial charge >= 0.3 is 0 Å². The lowest BCUT2D eigenvalue weighted by Crippen LogP contribution is -2.37. The van der Waals surface area contributed by atoms with Crippen LogP contribution in [0.25, 0.3) is 0 Å². The molecule has 0 spiro atoms. The van der Waals surface area contributed by atoms with E-state index in [0.29, 0.717) is 13.0 Å². The molecule has 1 fully saturated rings. The first-order chi connectivity index (χ1) is 5.54. The van der Waals surface area contributed by atoms with Gasteiger partial charge in [-0.3, -0.25) is 0 Å². The fourth-order valence-corrected chi connectivity index (χ4v) is 1.39. The van der Waals surface area contributed by atoms with E-state index in [1.807, 2.05) is 13.8 Å². The van der Waals surface area contributed by atoms with Crippen molar-refractivity contribution in [3.05, 3.63) is 12.7 Å². The highest BCUT2D eigenvalue weighted by Gasteiger charge is 2.44. The molecule has 1 aliphatic heterocycles. The lowest BCUT2D eigenvalue weighted by molar-refractivity contribution is -0.168. The fourth-order valence-electron chi connectivity index (χ4n) is 1.39. The Balaban J connectivity index is 2.65. The Morgan fingerprint density at radius 1 is 1.58 bits per heavy atom. The van der Waals surface area contributed by atoms with Gasteiger partial charge in [0.2, 0.25) is 0 Å². The van der Waals surface area contributed by atoms with Crippen molar-refractivity contribution in [2.75, 3.05) is 13.2 Å². The van der Waals surface area contributed by atoms with Crippen LogP contribution in [0, 0.1) is 0 Å². The largest absolute Gasteiger partial charge is 0.393 e. The van der Waals surface area contributed by atoms with Gasteiger partial charge in [0.1, 0.15) is 5.60 Å². The summed E-state index contributed by atoms with van der Waals surface area (Å²) in [6.45, 7) is 7.71. The molecule has 3 nitrogen and oxygen atoms in total. The Morgan fingerprint density at radius 2 is 2.25 bits per heavy atom. The Hall–Kier alpha value is -0.380. The van der Waals surface area contributed by atoms with Gasteiger partial charge in [-0.05, 0) is 20.3 Å². The second kappa shape index (κ2) is 3.17. The summed E-state index contributed by atoms with van der Waals surface area (Å²) in [7, 11) is 0. The highest BCUT2D eigenvalue weighted by atomic mass is 16.8. The molecule has 0 aromatic heterocycles. The van der Waals surface area contributed by atoms with E-state index >= 15 is 0 Å². The van der Waals surface area contributed by atoms with E-state index in [1.54, 1.807) is 6.08 Å². The molecule has 1 rings (SSSR count). The van der Waals surface area contributed by atoms with E-state index in [9.17, 15) is 0 Å². The topological polar surface area (TPSA) is 38.7 Å². The first-order valence-electron chi connectivity index (χ1n) is 4.09. The summed E-state index contributed by atoms with van der Waals surface area (Å²) in [4.78, 5) is 0. The van der Waals surface area contributed by atoms with Crippen molar-refractivity contribution in [1.29, 1.82) is 0 Å². The van der Waals surface area contributed by atoms with E-state index in [-0.39, 0.29) is 6.61 Å². The summed E-state index contributed by atoms with van der Waals surface area (Å²) in [5, 5.41) is 9.13. The highest BCUT2D eigenvalue weighted by molar-refractivity contribution is 4.92. The smallest absolute Gasteiger partial charge is 0.163 e. The molecule has 0 bridgehead atoms. The third-order valence-corrected chi connectivity index (χ3v) is 1.95. The van der Waals surface area contributed by atoms with Crippen LogP contribution >= 0.6 is 0 Å². The van der Waals surface area contributed by atoms with Crippen LogP contribution in [0.3, 0.4) is 0 Å². The summed E-state index contributed by atoms with van der Waals surface area (Å²) < 4.78 is 11.0. The monoisotopic (exact) mass is 172 g/mol. The number of aliphatic hydroxyl groups excluding tert-OH is 1. The van der Waals surface area contributed by atoms with Crippen molar-refractivity contribution in [3.8, 4) is 0 Å². The Kier molecular flexibility index (Phi) is 2.56. The molecule has 0 saturated carbocycles. The first kappa shape index (κ1) is 9.71. The van der Waals surface area contributed by atoms with Crippen molar-refractivity contribution in [2.24, 2.45) is 0 Å². The molecule has 0 radical (unpaired) electrons. The highest BCUT2D eigenvalue weighted by Crippen LogP contribution is 2.33. The Bertz CT molecular complexity index is 177. The van der Waals surface area contributed by atoms with Crippen molar-refractivity contribution in [3.63, 3.8) is 0 Å². The molecule has 3 heteroatoms. The molecule has 0 aromatic carbocycles. The third-order valence-electron chi connectivity index (χ3n) is 1.95. The number of hydrogen-bond donors (Lipinski definition) is 1. The van der Waals surface area contributed by atoms with E-state index in [2.05, 4.69) is 6.58 Å². The third kappa shape index (κ3) is 1.86. The Morgan fingerprint density at radius 3 is 2.58 bits per heavy atom. The molecule has 1 atom stereocenters. The quantitative estimate of drug-likeness (QED) is 0.647. The van der Waals surface area contributed by atoms with E-state index in [4.69, 9.17) is 14.6 Å². The van der Waals surface area contributed by atoms with Crippen molar-refractivity contribution in [1.82, 2.24) is 0 Å². The molecule has 0 amide bonds. The van der Waals surface area contributed by atoms with Gasteiger partial charge in [-0.15, -0.1) is 6.58 Å². The molecule has 0 aromatic rings. The standard InChI is InChI=1S/C9H16O3/c1-4-5-9(6-10)7-11-8(2,3)12-9/h4,10H,1,5-7H2,2-3H3/t9-/m0/s1. The second-order valence-electron chi connectivity index (χ2n) is 3.62. The number of ether oxygens (including phenoxy) is 2. The van der Waals surface area contributed by atoms with Crippen LogP contribution < -0.4 is 0 Å². The normalized spacial score (nSPS) is 33.6. The zero-order valence-corrected chi connectivity index (χ0v) is 7.67. The average molecular weight is 172 g/mol. The maximum absolute atomic E-state index is 9.13. The van der Waals surface area contributed by atoms with Gasteiger partial charge in [0, 0.05) is 0 Å². The molecule has 1 saturated heterocycles. The van der Waals surface area contributed by atoms with Gasteiger partial charge in [-0.2, -0.15) is 0 Å². The van der Waals surface area contributed by atoms with Crippen molar-refractivity contribution in [2.45, 2.75) is 31.7 Å². The van der Waals surface area contributed by atoms with Crippen LogP contribution in [0.15, 0.2) is 12.7 Å². The van der Waals surface area contributed by atoms with Gasteiger partial charge in [0.25, 0.3) is 0 Å². The number of aliphatic hydroxyl groups is 1. The van der Waals surface area contributed by atoms with Gasteiger partial charge in [0.15, 0.2) is 5.79 Å². The second-order valence-corrected chi connectivity index (χ2v) is 3.62. The summed E-state index contributed by atoms with van der Waals surface area (Å²) in [5.41, 5.74) is -0.564.